The number of hydroxylamine groups is 2. The fraction of sp³-hybridized carbons (Fsp3) is 0.552. The molecule has 1 aliphatic heterocycles. The number of nitrogens with zero attached hydrogens (tertiary/aromatic N) is 1. The molecule has 0 aliphatic carbocycles. The van der Waals surface area contributed by atoms with Crippen molar-refractivity contribution >= 4 is 28.6 Å². The van der Waals surface area contributed by atoms with Crippen LogP contribution in [0.4, 0.5) is 0 Å². The van der Waals surface area contributed by atoms with Crippen LogP contribution in [0.25, 0.3) is 10.8 Å². The van der Waals surface area contributed by atoms with Crippen LogP contribution in [-0.2, 0) is 19.2 Å². The fourth-order valence-corrected chi connectivity index (χ4v) is 4.83. The summed E-state index contributed by atoms with van der Waals surface area (Å²) < 4.78 is 5.66. The average molecular weight is 608 g/mol. The monoisotopic (exact) mass is 607 g/mol. The summed E-state index contributed by atoms with van der Waals surface area (Å²) >= 11 is 0. The second-order valence-corrected chi connectivity index (χ2v) is 10.2. The van der Waals surface area contributed by atoms with E-state index in [1.165, 1.54) is 5.06 Å². The Hall–Kier alpha value is -1.09. The van der Waals surface area contributed by atoms with Crippen molar-refractivity contribution in [1.82, 2.24) is 5.06 Å². The van der Waals surface area contributed by atoms with E-state index in [2.05, 4.69) is 0 Å². The summed E-state index contributed by atoms with van der Waals surface area (Å²) in [5, 5.41) is 51.4. The normalized spacial score (nSPS) is 21.8. The number of benzene rings is 2. The molecular weight excluding hydrogens is 568 g/mol. The summed E-state index contributed by atoms with van der Waals surface area (Å²) in [4.78, 5) is 41.2. The van der Waals surface area contributed by atoms with Crippen LogP contribution in [0.1, 0.15) is 62.2 Å². The maximum atomic E-state index is 13.4. The van der Waals surface area contributed by atoms with E-state index in [1.807, 2.05) is 30.3 Å². The average Bonchev–Trinajstić information content (AvgIpc) is 2.93. The van der Waals surface area contributed by atoms with E-state index >= 15 is 0 Å². The van der Waals surface area contributed by atoms with Gasteiger partial charge in [-0.05, 0) is 55.5 Å². The molecule has 1 fully saturated rings. The van der Waals surface area contributed by atoms with Crippen molar-refractivity contribution in [3.05, 3.63) is 48.0 Å². The number of aliphatic hydroxyl groups is 3. The van der Waals surface area contributed by atoms with Crippen LogP contribution >= 0.6 is 0 Å². The first-order valence-electron chi connectivity index (χ1n) is 13.7. The summed E-state index contributed by atoms with van der Waals surface area (Å²) in [5.41, 5.74) is 0.452. The van der Waals surface area contributed by atoms with Gasteiger partial charge in [-0.3, -0.25) is 19.2 Å². The number of hydrogen-bond acceptors (Lipinski definition) is 8. The zero-order valence-corrected chi connectivity index (χ0v) is 28.6. The molecule has 2 aromatic rings. The van der Waals surface area contributed by atoms with Gasteiger partial charge in [0.05, 0.1) is 18.8 Å². The SMILES string of the molecule is C[C@@H]1O[C@@H](CCCN(OCCCCCCC(C(=O)O)C(=O)O)C(=O)c2ccc3ccccc3c2)[C@@H](O)[C@H](O)[C@@H]1O.[Na+].[Na+]. The second-order valence-electron chi connectivity index (χ2n) is 10.2. The van der Waals surface area contributed by atoms with Gasteiger partial charge >= 0.3 is 71.1 Å². The maximum Gasteiger partial charge on any atom is 1.00 e. The molecule has 1 amide bonds. The Morgan fingerprint density at radius 1 is 0.857 bits per heavy atom. The van der Waals surface area contributed by atoms with E-state index in [0.29, 0.717) is 44.1 Å². The number of hydrogen-bond donors (Lipinski definition) is 5. The minimum Gasteiger partial charge on any atom is -0.481 e. The van der Waals surface area contributed by atoms with E-state index in [-0.39, 0.29) is 84.6 Å². The Kier molecular flexibility index (Phi) is 17.9. The Morgan fingerprint density at radius 2 is 1.50 bits per heavy atom. The van der Waals surface area contributed by atoms with Gasteiger partial charge in [0, 0.05) is 12.1 Å². The van der Waals surface area contributed by atoms with E-state index < -0.39 is 48.4 Å². The predicted molar refractivity (Wildman–Crippen MR) is 144 cm³/mol. The zero-order chi connectivity index (χ0) is 29.2. The van der Waals surface area contributed by atoms with Crippen molar-refractivity contribution in [2.45, 2.75) is 82.4 Å². The molecule has 5 N–H and O–H groups in total. The summed E-state index contributed by atoms with van der Waals surface area (Å²) in [6.07, 6.45) is -1.98. The van der Waals surface area contributed by atoms with E-state index in [9.17, 15) is 29.7 Å². The first kappa shape index (κ1) is 38.9. The third-order valence-electron chi connectivity index (χ3n) is 7.25. The first-order chi connectivity index (χ1) is 19.1. The molecule has 0 radical (unpaired) electrons. The number of aliphatic hydroxyl groups excluding tert-OH is 3. The van der Waals surface area contributed by atoms with Gasteiger partial charge in [-0.2, -0.15) is 0 Å². The molecule has 1 heterocycles. The minimum atomic E-state index is -1.41. The molecule has 220 valence electrons. The van der Waals surface area contributed by atoms with Crippen LogP contribution in [0, 0.1) is 5.92 Å². The Morgan fingerprint density at radius 3 is 2.17 bits per heavy atom. The Balaban J connectivity index is 0.00000441. The van der Waals surface area contributed by atoms with Crippen molar-refractivity contribution in [3.8, 4) is 0 Å². The maximum absolute atomic E-state index is 13.4. The van der Waals surface area contributed by atoms with Crippen molar-refractivity contribution in [2.75, 3.05) is 13.2 Å². The molecule has 0 spiro atoms. The molecule has 0 aromatic heterocycles. The quantitative estimate of drug-likeness (QED) is 0.0595. The topological polar surface area (TPSA) is 174 Å². The Bertz CT molecular complexity index is 1140. The molecule has 11 nitrogen and oxygen atoms in total. The van der Waals surface area contributed by atoms with Gasteiger partial charge in [-0.1, -0.05) is 49.6 Å². The van der Waals surface area contributed by atoms with Gasteiger partial charge in [-0.15, -0.1) is 0 Å². The van der Waals surface area contributed by atoms with Gasteiger partial charge < -0.3 is 30.3 Å². The largest absolute Gasteiger partial charge is 1.00 e. The zero-order valence-electron chi connectivity index (χ0n) is 24.6. The van der Waals surface area contributed by atoms with Gasteiger partial charge in [0.15, 0.2) is 5.92 Å². The van der Waals surface area contributed by atoms with Crippen LogP contribution in [0.3, 0.4) is 0 Å². The number of rotatable bonds is 15. The van der Waals surface area contributed by atoms with Crippen LogP contribution in [0.2, 0.25) is 0 Å². The third kappa shape index (κ3) is 11.1. The van der Waals surface area contributed by atoms with Crippen molar-refractivity contribution < 1.29 is 109 Å². The van der Waals surface area contributed by atoms with Crippen LogP contribution < -0.4 is 59.1 Å². The number of carboxylic acids is 2. The summed E-state index contributed by atoms with van der Waals surface area (Å²) in [6.45, 7) is 2.05. The molecule has 3 rings (SSSR count). The van der Waals surface area contributed by atoms with E-state index in [4.69, 9.17) is 19.8 Å². The number of carboxylic acid groups (broad SMARTS) is 2. The number of ether oxygens (including phenoxy) is 1. The summed E-state index contributed by atoms with van der Waals surface area (Å²) in [6, 6.07) is 13.1. The van der Waals surface area contributed by atoms with Crippen molar-refractivity contribution in [1.29, 1.82) is 0 Å². The molecule has 0 saturated carbocycles. The predicted octanol–water partition coefficient (Wildman–Crippen LogP) is -3.39. The van der Waals surface area contributed by atoms with Crippen LogP contribution in [0.5, 0.6) is 0 Å². The number of carbonyl (C=O) groups is 3. The number of amides is 1. The molecule has 13 heteroatoms. The van der Waals surface area contributed by atoms with Crippen LogP contribution in [-0.4, -0.2) is 92.1 Å². The smallest absolute Gasteiger partial charge is 0.481 e. The Labute approximate surface area is 289 Å². The number of aliphatic carboxylic acids is 2. The molecule has 1 aliphatic rings. The molecule has 1 saturated heterocycles. The molecular formula is C29H39NNa2O10+2. The summed E-state index contributed by atoms with van der Waals surface area (Å²) in [7, 11) is 0. The van der Waals surface area contributed by atoms with E-state index in [1.54, 1.807) is 19.1 Å². The number of carbonyl (C=O) groups excluding carboxylic acids is 1. The summed E-state index contributed by atoms with van der Waals surface area (Å²) in [5.74, 6) is -4.43. The van der Waals surface area contributed by atoms with Crippen molar-refractivity contribution in [2.24, 2.45) is 5.92 Å². The van der Waals surface area contributed by atoms with Crippen LogP contribution in [0.15, 0.2) is 42.5 Å². The molecule has 0 bridgehead atoms. The number of fused-ring (bicyclic) bond motifs is 1. The van der Waals surface area contributed by atoms with Gasteiger partial charge in [0.25, 0.3) is 5.91 Å². The third-order valence-corrected chi connectivity index (χ3v) is 7.25. The molecule has 2 aromatic carbocycles. The van der Waals surface area contributed by atoms with Gasteiger partial charge in [0.2, 0.25) is 0 Å². The standard InChI is InChI=1S/C29H39NO10.2Na/c1-18-24(31)26(33)25(32)23(40-18)12-8-15-30(27(34)21-14-13-19-9-5-6-10-20(19)17-21)39-16-7-3-2-4-11-22(28(35)36)29(37)38;;/h5-6,9-10,13-14,17-18,22-26,31-33H,2-4,7-8,11-12,15-16H2,1H3,(H,35,36)(H,37,38);;/q;2*+1/t18-,23-,24+,25+,26+;;/m0../s1. The molecule has 0 unspecified atom stereocenters. The molecule has 5 atom stereocenters. The van der Waals surface area contributed by atoms with Gasteiger partial charge in [0.1, 0.15) is 18.3 Å². The minimum absolute atomic E-state index is 0. The molecule has 42 heavy (non-hydrogen) atoms. The van der Waals surface area contributed by atoms with E-state index in [0.717, 1.165) is 10.8 Å². The fourth-order valence-electron chi connectivity index (χ4n) is 4.83. The second kappa shape index (κ2) is 19.3. The number of unbranched alkanes of at least 4 members (excludes halogenated alkanes) is 3. The van der Waals surface area contributed by atoms with Crippen molar-refractivity contribution in [3.63, 3.8) is 0 Å². The first-order valence-corrected chi connectivity index (χ1v) is 13.7. The van der Waals surface area contributed by atoms with Gasteiger partial charge in [-0.25, -0.2) is 5.06 Å².